The molecule has 0 spiro atoms. The number of carbonyl (C=O) groups excluding carboxylic acids is 2. The van der Waals surface area contributed by atoms with Gasteiger partial charge in [0.25, 0.3) is 11.8 Å². The average molecular weight is 348 g/mol. The van der Waals surface area contributed by atoms with Gasteiger partial charge in [0.05, 0.1) is 17.7 Å². The molecular formula is C18H16N6O2. The number of nitrogens with zero attached hydrogens (tertiary/aromatic N) is 6. The molecule has 3 heterocycles. The van der Waals surface area contributed by atoms with Gasteiger partial charge >= 0.3 is 0 Å². The fourth-order valence-corrected chi connectivity index (χ4v) is 2.91. The third-order valence-corrected chi connectivity index (χ3v) is 4.24. The molecule has 8 nitrogen and oxygen atoms in total. The van der Waals surface area contributed by atoms with Crippen molar-refractivity contribution in [1.82, 2.24) is 30.1 Å². The van der Waals surface area contributed by atoms with Crippen LogP contribution in [0.3, 0.4) is 0 Å². The van der Waals surface area contributed by atoms with Gasteiger partial charge < -0.3 is 0 Å². The summed E-state index contributed by atoms with van der Waals surface area (Å²) in [4.78, 5) is 31.4. The van der Waals surface area contributed by atoms with Crippen LogP contribution in [0.1, 0.15) is 33.6 Å². The van der Waals surface area contributed by atoms with Crippen molar-refractivity contribution in [3.63, 3.8) is 0 Å². The predicted molar refractivity (Wildman–Crippen MR) is 92.1 cm³/mol. The van der Waals surface area contributed by atoms with Crippen LogP contribution < -0.4 is 0 Å². The van der Waals surface area contributed by atoms with E-state index in [1.165, 1.54) is 9.70 Å². The molecule has 0 unspecified atom stereocenters. The number of unbranched alkanes of at least 4 members (excludes halogenated alkanes) is 1. The maximum atomic E-state index is 12.3. The SMILES string of the molecule is O=C1c2ccccc2C(=O)N1CCCCn1nnc(-c2cccnc2)n1. The number of hydrogen-bond donors (Lipinski definition) is 0. The number of aromatic nitrogens is 5. The van der Waals surface area contributed by atoms with E-state index in [2.05, 4.69) is 20.4 Å². The quantitative estimate of drug-likeness (QED) is 0.498. The maximum Gasteiger partial charge on any atom is 0.261 e. The molecule has 130 valence electrons. The number of pyridine rings is 1. The number of rotatable bonds is 6. The van der Waals surface area contributed by atoms with E-state index in [1.807, 2.05) is 12.1 Å². The molecular weight excluding hydrogens is 332 g/mol. The van der Waals surface area contributed by atoms with Crippen LogP contribution in [0.25, 0.3) is 11.4 Å². The van der Waals surface area contributed by atoms with Gasteiger partial charge in [-0.25, -0.2) is 0 Å². The number of carbonyl (C=O) groups is 2. The summed E-state index contributed by atoms with van der Waals surface area (Å²) in [5.41, 5.74) is 1.78. The molecule has 3 aromatic rings. The summed E-state index contributed by atoms with van der Waals surface area (Å²) in [7, 11) is 0. The lowest BCUT2D eigenvalue weighted by molar-refractivity contribution is 0.0651. The standard InChI is InChI=1S/C18H16N6O2/c25-17-14-7-1-2-8-15(14)18(26)23(17)10-3-4-11-24-21-16(20-22-24)13-6-5-9-19-12-13/h1-2,5-9,12H,3-4,10-11H2. The summed E-state index contributed by atoms with van der Waals surface area (Å²) in [6.07, 6.45) is 4.78. The highest BCUT2D eigenvalue weighted by atomic mass is 16.2. The molecule has 0 bridgehead atoms. The minimum Gasteiger partial charge on any atom is -0.274 e. The zero-order chi connectivity index (χ0) is 17.9. The van der Waals surface area contributed by atoms with Crippen LogP contribution in [-0.4, -0.2) is 48.5 Å². The smallest absolute Gasteiger partial charge is 0.261 e. The largest absolute Gasteiger partial charge is 0.274 e. The first-order valence-corrected chi connectivity index (χ1v) is 8.37. The van der Waals surface area contributed by atoms with Crippen LogP contribution >= 0.6 is 0 Å². The molecule has 1 aliphatic rings. The third kappa shape index (κ3) is 2.97. The summed E-state index contributed by atoms with van der Waals surface area (Å²) in [5, 5.41) is 12.4. The van der Waals surface area contributed by atoms with Crippen molar-refractivity contribution in [3.8, 4) is 11.4 Å². The summed E-state index contributed by atoms with van der Waals surface area (Å²) in [6, 6.07) is 10.6. The normalized spacial score (nSPS) is 13.3. The van der Waals surface area contributed by atoms with Crippen LogP contribution in [0.4, 0.5) is 0 Å². The maximum absolute atomic E-state index is 12.3. The van der Waals surface area contributed by atoms with E-state index in [9.17, 15) is 9.59 Å². The number of aryl methyl sites for hydroxylation is 1. The Morgan fingerprint density at radius 1 is 0.885 bits per heavy atom. The second-order valence-electron chi connectivity index (χ2n) is 5.97. The average Bonchev–Trinajstić information content (AvgIpc) is 3.25. The molecule has 1 aromatic carbocycles. The number of amides is 2. The lowest BCUT2D eigenvalue weighted by Gasteiger charge is -2.13. The van der Waals surface area contributed by atoms with Crippen molar-refractivity contribution in [2.24, 2.45) is 0 Å². The second-order valence-corrected chi connectivity index (χ2v) is 5.97. The Bertz CT molecular complexity index is 918. The van der Waals surface area contributed by atoms with Crippen LogP contribution in [0, 0.1) is 0 Å². The highest BCUT2D eigenvalue weighted by molar-refractivity contribution is 6.21. The van der Waals surface area contributed by atoms with E-state index in [4.69, 9.17) is 0 Å². The van der Waals surface area contributed by atoms with Crippen LogP contribution in [0.2, 0.25) is 0 Å². The second kappa shape index (κ2) is 6.83. The molecule has 0 fully saturated rings. The third-order valence-electron chi connectivity index (χ3n) is 4.24. The van der Waals surface area contributed by atoms with Gasteiger partial charge in [-0.15, -0.1) is 10.2 Å². The molecule has 8 heteroatoms. The highest BCUT2D eigenvalue weighted by Crippen LogP contribution is 2.22. The number of benzene rings is 1. The molecule has 1 aliphatic heterocycles. The molecule has 0 aliphatic carbocycles. The predicted octanol–water partition coefficient (Wildman–Crippen LogP) is 1.81. The Balaban J connectivity index is 1.31. The minimum atomic E-state index is -0.219. The first-order chi connectivity index (χ1) is 12.7. The first-order valence-electron chi connectivity index (χ1n) is 8.37. The molecule has 26 heavy (non-hydrogen) atoms. The van der Waals surface area contributed by atoms with E-state index >= 15 is 0 Å². The Morgan fingerprint density at radius 2 is 1.62 bits per heavy atom. The molecule has 0 atom stereocenters. The Kier molecular flexibility index (Phi) is 4.22. The van der Waals surface area contributed by atoms with Crippen molar-refractivity contribution in [2.75, 3.05) is 6.54 Å². The highest BCUT2D eigenvalue weighted by Gasteiger charge is 2.34. The first kappa shape index (κ1) is 16.1. The number of fused-ring (bicyclic) bond motifs is 1. The van der Waals surface area contributed by atoms with Gasteiger partial charge in [0.1, 0.15) is 0 Å². The number of imide groups is 1. The molecule has 4 rings (SSSR count). The fraction of sp³-hybridized carbons (Fsp3) is 0.222. The van der Waals surface area contributed by atoms with Crippen molar-refractivity contribution >= 4 is 11.8 Å². The van der Waals surface area contributed by atoms with Crippen LogP contribution in [0.15, 0.2) is 48.8 Å². The van der Waals surface area contributed by atoms with Gasteiger partial charge in [-0.1, -0.05) is 12.1 Å². The Hall–Kier alpha value is -3.42. The molecule has 0 N–H and O–H groups in total. The van der Waals surface area contributed by atoms with E-state index < -0.39 is 0 Å². The van der Waals surface area contributed by atoms with Gasteiger partial charge in [0, 0.05) is 24.5 Å². The van der Waals surface area contributed by atoms with Gasteiger partial charge in [-0.05, 0) is 42.3 Å². The monoisotopic (exact) mass is 348 g/mol. The topological polar surface area (TPSA) is 93.9 Å². The van der Waals surface area contributed by atoms with Crippen molar-refractivity contribution in [2.45, 2.75) is 19.4 Å². The molecule has 0 saturated carbocycles. The lowest BCUT2D eigenvalue weighted by atomic mass is 10.1. The summed E-state index contributed by atoms with van der Waals surface area (Å²) in [5.74, 6) is 0.0881. The molecule has 2 amide bonds. The summed E-state index contributed by atoms with van der Waals surface area (Å²) >= 11 is 0. The number of tetrazole rings is 1. The molecule has 0 saturated heterocycles. The molecule has 0 radical (unpaired) electrons. The van der Waals surface area contributed by atoms with Crippen molar-refractivity contribution < 1.29 is 9.59 Å². The van der Waals surface area contributed by atoms with Crippen LogP contribution in [-0.2, 0) is 6.54 Å². The lowest BCUT2D eigenvalue weighted by Crippen LogP contribution is -2.30. The van der Waals surface area contributed by atoms with E-state index in [0.29, 0.717) is 36.5 Å². The van der Waals surface area contributed by atoms with E-state index in [0.717, 1.165) is 12.0 Å². The van der Waals surface area contributed by atoms with Gasteiger partial charge in [0.15, 0.2) is 0 Å². The van der Waals surface area contributed by atoms with Crippen molar-refractivity contribution in [1.29, 1.82) is 0 Å². The fourth-order valence-electron chi connectivity index (χ4n) is 2.91. The van der Waals surface area contributed by atoms with Gasteiger partial charge in [-0.2, -0.15) is 4.80 Å². The zero-order valence-electron chi connectivity index (χ0n) is 13.9. The Labute approximate surface area is 149 Å². The minimum absolute atomic E-state index is 0.219. The molecule has 2 aromatic heterocycles. The summed E-state index contributed by atoms with van der Waals surface area (Å²) in [6.45, 7) is 0.951. The van der Waals surface area contributed by atoms with Gasteiger partial charge in [-0.3, -0.25) is 19.5 Å². The summed E-state index contributed by atoms with van der Waals surface area (Å²) < 4.78 is 0. The van der Waals surface area contributed by atoms with Crippen molar-refractivity contribution in [3.05, 3.63) is 59.9 Å². The van der Waals surface area contributed by atoms with Crippen LogP contribution in [0.5, 0.6) is 0 Å². The van der Waals surface area contributed by atoms with E-state index in [-0.39, 0.29) is 11.8 Å². The zero-order valence-corrected chi connectivity index (χ0v) is 13.9. The number of hydrogen-bond acceptors (Lipinski definition) is 6. The van der Waals surface area contributed by atoms with Gasteiger partial charge in [0.2, 0.25) is 5.82 Å². The van der Waals surface area contributed by atoms with E-state index in [1.54, 1.807) is 36.7 Å². The Morgan fingerprint density at radius 3 is 2.31 bits per heavy atom.